The monoisotopic (exact) mass is 543 g/mol. The van der Waals surface area contributed by atoms with E-state index in [1.807, 2.05) is 7.05 Å². The van der Waals surface area contributed by atoms with Crippen molar-refractivity contribution >= 4 is 51.6 Å². The van der Waals surface area contributed by atoms with Gasteiger partial charge in [0.1, 0.15) is 0 Å². The number of halogens is 2. The molecule has 2 aromatic rings. The number of aryl methyl sites for hydroxylation is 1. The van der Waals surface area contributed by atoms with Gasteiger partial charge in [-0.05, 0) is 39.7 Å². The van der Waals surface area contributed by atoms with E-state index in [9.17, 15) is 0 Å². The number of hydrogen-bond donors (Lipinski definition) is 1. The topological polar surface area (TPSA) is 35.8 Å². The standard InChI is InChI=1S/C20H26BrN5.HI/c1-22-20(25(3)15-19-12-17(21)14-24(19)2)23-13-16-6-8-18(9-7-16)26-10-4-5-11-26;/h4-9,12,14H,10-11,13,15H2,1-3H3,(H,22,23);1H. The van der Waals surface area contributed by atoms with Gasteiger partial charge < -0.3 is 19.7 Å². The van der Waals surface area contributed by atoms with E-state index in [1.165, 1.54) is 16.9 Å². The second-order valence-electron chi connectivity index (χ2n) is 6.56. The SMILES string of the molecule is CN=C(NCc1ccc(N2CC=CC2)cc1)N(C)Cc1cc(Br)cn1C.I. The molecule has 0 saturated carbocycles. The van der Waals surface area contributed by atoms with E-state index in [-0.39, 0.29) is 24.0 Å². The van der Waals surface area contributed by atoms with Crippen LogP contribution in [0.1, 0.15) is 11.3 Å². The third kappa shape index (κ3) is 5.75. The van der Waals surface area contributed by atoms with E-state index in [0.29, 0.717) is 0 Å². The molecular weight excluding hydrogens is 517 g/mol. The Hall–Kier alpha value is -1.48. The van der Waals surface area contributed by atoms with E-state index in [4.69, 9.17) is 0 Å². The molecule has 1 aliphatic heterocycles. The molecule has 0 bridgehead atoms. The van der Waals surface area contributed by atoms with E-state index >= 15 is 0 Å². The molecule has 0 atom stereocenters. The molecule has 27 heavy (non-hydrogen) atoms. The minimum atomic E-state index is 0. The number of nitrogens with zero attached hydrogens (tertiary/aromatic N) is 4. The van der Waals surface area contributed by atoms with Gasteiger partial charge >= 0.3 is 0 Å². The van der Waals surface area contributed by atoms with Gasteiger partial charge in [-0.15, -0.1) is 24.0 Å². The minimum absolute atomic E-state index is 0. The van der Waals surface area contributed by atoms with Crippen molar-refractivity contribution in [3.63, 3.8) is 0 Å². The Morgan fingerprint density at radius 2 is 1.89 bits per heavy atom. The summed E-state index contributed by atoms with van der Waals surface area (Å²) in [6.45, 7) is 3.56. The number of aromatic nitrogens is 1. The zero-order chi connectivity index (χ0) is 18.5. The highest BCUT2D eigenvalue weighted by Crippen LogP contribution is 2.18. The van der Waals surface area contributed by atoms with Crippen LogP contribution in [0, 0.1) is 0 Å². The van der Waals surface area contributed by atoms with Crippen molar-refractivity contribution in [3.05, 3.63) is 64.4 Å². The molecule has 0 fully saturated rings. The average Bonchev–Trinajstić information content (AvgIpc) is 3.26. The summed E-state index contributed by atoms with van der Waals surface area (Å²) in [7, 11) is 5.94. The van der Waals surface area contributed by atoms with Gasteiger partial charge in [-0.3, -0.25) is 4.99 Å². The first-order valence-electron chi connectivity index (χ1n) is 8.78. The second kappa shape index (κ2) is 10.2. The summed E-state index contributed by atoms with van der Waals surface area (Å²) in [6.07, 6.45) is 6.48. The molecule has 1 aromatic heterocycles. The van der Waals surface area contributed by atoms with Crippen LogP contribution in [0.5, 0.6) is 0 Å². The zero-order valence-electron chi connectivity index (χ0n) is 16.0. The van der Waals surface area contributed by atoms with Gasteiger partial charge in [-0.2, -0.15) is 0 Å². The van der Waals surface area contributed by atoms with Crippen molar-refractivity contribution in [2.24, 2.45) is 12.0 Å². The molecule has 3 rings (SSSR count). The van der Waals surface area contributed by atoms with Gasteiger partial charge in [-0.25, -0.2) is 0 Å². The predicted molar refractivity (Wildman–Crippen MR) is 128 cm³/mol. The number of benzene rings is 1. The molecule has 2 heterocycles. The summed E-state index contributed by atoms with van der Waals surface area (Å²) >= 11 is 3.53. The highest BCUT2D eigenvalue weighted by molar-refractivity contribution is 14.0. The van der Waals surface area contributed by atoms with Gasteiger partial charge in [0.2, 0.25) is 0 Å². The lowest BCUT2D eigenvalue weighted by molar-refractivity contribution is 0.461. The number of nitrogens with one attached hydrogen (secondary N) is 1. The highest BCUT2D eigenvalue weighted by Gasteiger charge is 2.10. The van der Waals surface area contributed by atoms with Crippen LogP contribution in [0.15, 0.2) is 58.1 Å². The molecule has 5 nitrogen and oxygen atoms in total. The molecule has 1 aliphatic rings. The van der Waals surface area contributed by atoms with Crippen molar-refractivity contribution in [1.29, 1.82) is 0 Å². The molecular formula is C20H27BrIN5. The minimum Gasteiger partial charge on any atom is -0.364 e. The summed E-state index contributed by atoms with van der Waals surface area (Å²) in [6, 6.07) is 10.9. The summed E-state index contributed by atoms with van der Waals surface area (Å²) in [4.78, 5) is 8.89. The Labute approximate surface area is 187 Å². The van der Waals surface area contributed by atoms with E-state index in [2.05, 4.69) is 103 Å². The molecule has 7 heteroatoms. The number of anilines is 1. The zero-order valence-corrected chi connectivity index (χ0v) is 19.9. The Kier molecular flexibility index (Phi) is 8.22. The van der Waals surface area contributed by atoms with Gasteiger partial charge in [0, 0.05) is 62.8 Å². The van der Waals surface area contributed by atoms with Crippen LogP contribution in [0.4, 0.5) is 5.69 Å². The molecule has 0 amide bonds. The Morgan fingerprint density at radius 1 is 1.22 bits per heavy atom. The normalized spacial score (nSPS) is 13.6. The summed E-state index contributed by atoms with van der Waals surface area (Å²) < 4.78 is 3.22. The molecule has 1 aromatic carbocycles. The molecule has 0 unspecified atom stereocenters. The number of aliphatic imine (C=N–C) groups is 1. The van der Waals surface area contributed by atoms with Gasteiger partial charge in [0.15, 0.2) is 5.96 Å². The third-order valence-electron chi connectivity index (χ3n) is 4.62. The Bertz CT molecular complexity index is 789. The van der Waals surface area contributed by atoms with Gasteiger partial charge in [-0.1, -0.05) is 24.3 Å². The van der Waals surface area contributed by atoms with Crippen LogP contribution < -0.4 is 10.2 Å². The van der Waals surface area contributed by atoms with E-state index in [1.54, 1.807) is 0 Å². The van der Waals surface area contributed by atoms with Crippen molar-refractivity contribution in [1.82, 2.24) is 14.8 Å². The fourth-order valence-electron chi connectivity index (χ4n) is 3.12. The fraction of sp³-hybridized carbons (Fsp3) is 0.350. The van der Waals surface area contributed by atoms with Crippen LogP contribution in [-0.4, -0.2) is 42.6 Å². The highest BCUT2D eigenvalue weighted by atomic mass is 127. The van der Waals surface area contributed by atoms with Crippen molar-refractivity contribution in [2.75, 3.05) is 32.1 Å². The van der Waals surface area contributed by atoms with Crippen LogP contribution in [-0.2, 0) is 20.1 Å². The van der Waals surface area contributed by atoms with Crippen molar-refractivity contribution in [3.8, 4) is 0 Å². The van der Waals surface area contributed by atoms with Crippen LogP contribution in [0.2, 0.25) is 0 Å². The van der Waals surface area contributed by atoms with Gasteiger partial charge in [0.05, 0.1) is 6.54 Å². The summed E-state index contributed by atoms with van der Waals surface area (Å²) in [5, 5.41) is 3.45. The lowest BCUT2D eigenvalue weighted by Crippen LogP contribution is -2.38. The maximum Gasteiger partial charge on any atom is 0.194 e. The van der Waals surface area contributed by atoms with Crippen LogP contribution in [0.25, 0.3) is 0 Å². The maximum atomic E-state index is 4.41. The van der Waals surface area contributed by atoms with Gasteiger partial charge in [0.25, 0.3) is 0 Å². The lowest BCUT2D eigenvalue weighted by atomic mass is 10.2. The number of hydrogen-bond acceptors (Lipinski definition) is 2. The van der Waals surface area contributed by atoms with Crippen LogP contribution in [0.3, 0.4) is 0 Å². The first-order valence-corrected chi connectivity index (χ1v) is 9.57. The lowest BCUT2D eigenvalue weighted by Gasteiger charge is -2.22. The van der Waals surface area contributed by atoms with Crippen LogP contribution >= 0.6 is 39.9 Å². The largest absolute Gasteiger partial charge is 0.364 e. The Morgan fingerprint density at radius 3 is 2.44 bits per heavy atom. The molecule has 146 valence electrons. The third-order valence-corrected chi connectivity index (χ3v) is 5.05. The predicted octanol–water partition coefficient (Wildman–Crippen LogP) is 3.99. The van der Waals surface area contributed by atoms with Crippen molar-refractivity contribution < 1.29 is 0 Å². The fourth-order valence-corrected chi connectivity index (χ4v) is 3.69. The molecule has 0 aliphatic carbocycles. The molecule has 0 saturated heterocycles. The number of rotatable bonds is 5. The molecule has 0 spiro atoms. The van der Waals surface area contributed by atoms with E-state index in [0.717, 1.165) is 36.6 Å². The van der Waals surface area contributed by atoms with Crippen molar-refractivity contribution in [2.45, 2.75) is 13.1 Å². The second-order valence-corrected chi connectivity index (χ2v) is 7.48. The summed E-state index contributed by atoms with van der Waals surface area (Å²) in [5.74, 6) is 0.884. The summed E-state index contributed by atoms with van der Waals surface area (Å²) in [5.41, 5.74) is 3.75. The quantitative estimate of drug-likeness (QED) is 0.268. The number of guanidine groups is 1. The average molecular weight is 544 g/mol. The molecule has 1 N–H and O–H groups in total. The first kappa shape index (κ1) is 21.8. The molecule has 0 radical (unpaired) electrons. The van der Waals surface area contributed by atoms with E-state index < -0.39 is 0 Å². The Balaban J connectivity index is 0.00000261. The first-order chi connectivity index (χ1) is 12.6. The smallest absolute Gasteiger partial charge is 0.194 e. The maximum absolute atomic E-state index is 4.41.